The van der Waals surface area contributed by atoms with Crippen LogP contribution < -0.4 is 0 Å². The first-order valence-electron chi connectivity index (χ1n) is 3.20. The third-order valence-corrected chi connectivity index (χ3v) is 1.38. The van der Waals surface area contributed by atoms with Crippen molar-refractivity contribution >= 4 is 6.29 Å². The number of rotatable bonds is 2. The van der Waals surface area contributed by atoms with Gasteiger partial charge in [0.2, 0.25) is 5.76 Å². The second-order valence-corrected chi connectivity index (χ2v) is 2.09. The number of aromatic nitrogens is 2. The van der Waals surface area contributed by atoms with Crippen LogP contribution in [0.25, 0.3) is 11.5 Å². The first-order valence-corrected chi connectivity index (χ1v) is 3.20. The van der Waals surface area contributed by atoms with Crippen LogP contribution in [-0.4, -0.2) is 16.4 Å². The molecule has 0 atom stereocenters. The van der Waals surface area contributed by atoms with Crippen molar-refractivity contribution in [1.29, 1.82) is 0 Å². The summed E-state index contributed by atoms with van der Waals surface area (Å²) in [4.78, 5) is 14.1. The largest absolute Gasteiger partial charge is 0.440 e. The summed E-state index contributed by atoms with van der Waals surface area (Å²) >= 11 is 0. The number of carbonyl (C=O) groups is 1. The minimum atomic E-state index is 0.308. The Labute approximate surface area is 67.0 Å². The zero-order chi connectivity index (χ0) is 8.39. The Morgan fingerprint density at radius 3 is 3.00 bits per heavy atom. The summed E-state index contributed by atoms with van der Waals surface area (Å²) in [6, 6.07) is 0. The Bertz CT molecular complexity index is 377. The van der Waals surface area contributed by atoms with E-state index in [2.05, 4.69) is 10.1 Å². The number of hydrogen-bond donors (Lipinski definition) is 0. The standard InChI is InChI=1S/C7H4N2O3/c10-3-5-1-9-12-7(5)6-2-8-4-11-6/h1-4H. The van der Waals surface area contributed by atoms with Crippen molar-refractivity contribution in [3.05, 3.63) is 24.4 Å². The Balaban J connectivity index is 2.53. The summed E-state index contributed by atoms with van der Waals surface area (Å²) < 4.78 is 9.70. The van der Waals surface area contributed by atoms with E-state index < -0.39 is 0 Å². The van der Waals surface area contributed by atoms with Gasteiger partial charge < -0.3 is 8.94 Å². The number of aldehydes is 1. The average molecular weight is 164 g/mol. The van der Waals surface area contributed by atoms with Gasteiger partial charge in [-0.1, -0.05) is 5.16 Å². The lowest BCUT2D eigenvalue weighted by Gasteiger charge is -1.85. The van der Waals surface area contributed by atoms with E-state index in [9.17, 15) is 4.79 Å². The quantitative estimate of drug-likeness (QED) is 0.622. The summed E-state index contributed by atoms with van der Waals surface area (Å²) in [6.45, 7) is 0. The van der Waals surface area contributed by atoms with Gasteiger partial charge in [-0.3, -0.25) is 4.79 Å². The second-order valence-electron chi connectivity index (χ2n) is 2.09. The van der Waals surface area contributed by atoms with Crippen LogP contribution in [0.1, 0.15) is 10.4 Å². The summed E-state index contributed by atoms with van der Waals surface area (Å²) in [5, 5.41) is 3.45. The Kier molecular flexibility index (Phi) is 1.48. The van der Waals surface area contributed by atoms with Gasteiger partial charge >= 0.3 is 0 Å². The summed E-state index contributed by atoms with van der Waals surface area (Å²) in [5.74, 6) is 0.706. The Hall–Kier alpha value is -1.91. The van der Waals surface area contributed by atoms with Crippen LogP contribution in [0.15, 0.2) is 27.7 Å². The Morgan fingerprint density at radius 2 is 2.33 bits per heavy atom. The van der Waals surface area contributed by atoms with Crippen molar-refractivity contribution in [2.45, 2.75) is 0 Å². The van der Waals surface area contributed by atoms with Gasteiger partial charge in [-0.15, -0.1) is 0 Å². The van der Waals surface area contributed by atoms with Gasteiger partial charge in [0.25, 0.3) is 0 Å². The molecule has 5 heteroatoms. The number of hydrogen-bond acceptors (Lipinski definition) is 5. The summed E-state index contributed by atoms with van der Waals surface area (Å²) in [7, 11) is 0. The van der Waals surface area contributed by atoms with Crippen molar-refractivity contribution in [2.24, 2.45) is 0 Å². The predicted molar refractivity (Wildman–Crippen MR) is 37.4 cm³/mol. The number of carbonyl (C=O) groups excluding carboxylic acids is 1. The molecule has 60 valence electrons. The molecule has 2 aromatic rings. The lowest BCUT2D eigenvalue weighted by molar-refractivity contribution is 0.112. The molecule has 0 N–H and O–H groups in total. The number of oxazole rings is 1. The van der Waals surface area contributed by atoms with Crippen LogP contribution in [0, 0.1) is 0 Å². The predicted octanol–water partition coefficient (Wildman–Crippen LogP) is 1.14. The van der Waals surface area contributed by atoms with Crippen molar-refractivity contribution in [1.82, 2.24) is 10.1 Å². The molecule has 2 rings (SSSR count). The third-order valence-electron chi connectivity index (χ3n) is 1.38. The molecule has 0 unspecified atom stereocenters. The summed E-state index contributed by atoms with van der Waals surface area (Å²) in [6.07, 6.45) is 4.68. The van der Waals surface area contributed by atoms with E-state index in [0.717, 1.165) is 0 Å². The fourth-order valence-corrected chi connectivity index (χ4v) is 0.846. The van der Waals surface area contributed by atoms with Crippen LogP contribution in [0.2, 0.25) is 0 Å². The lowest BCUT2D eigenvalue weighted by Crippen LogP contribution is -1.77. The molecule has 0 aliphatic heterocycles. The maximum Gasteiger partial charge on any atom is 0.214 e. The third kappa shape index (κ3) is 0.914. The van der Waals surface area contributed by atoms with Gasteiger partial charge in [0, 0.05) is 0 Å². The van der Waals surface area contributed by atoms with E-state index >= 15 is 0 Å². The molecule has 0 amide bonds. The van der Waals surface area contributed by atoms with Gasteiger partial charge in [-0.2, -0.15) is 0 Å². The summed E-state index contributed by atoms with van der Waals surface area (Å²) in [5.41, 5.74) is 0.353. The van der Waals surface area contributed by atoms with Crippen molar-refractivity contribution in [3.63, 3.8) is 0 Å². The highest BCUT2D eigenvalue weighted by atomic mass is 16.5. The first kappa shape index (κ1) is 6.78. The van der Waals surface area contributed by atoms with Crippen LogP contribution in [0.5, 0.6) is 0 Å². The lowest BCUT2D eigenvalue weighted by atomic mass is 10.2. The highest BCUT2D eigenvalue weighted by Crippen LogP contribution is 2.20. The molecule has 0 saturated heterocycles. The molecule has 0 saturated carbocycles. The average Bonchev–Trinajstić information content (AvgIpc) is 2.74. The minimum Gasteiger partial charge on any atom is -0.440 e. The molecule has 0 bridgehead atoms. The van der Waals surface area contributed by atoms with Gasteiger partial charge in [-0.25, -0.2) is 4.98 Å². The molecule has 5 nitrogen and oxygen atoms in total. The maximum atomic E-state index is 10.4. The molecular formula is C7H4N2O3. The van der Waals surface area contributed by atoms with E-state index in [1.165, 1.54) is 18.8 Å². The highest BCUT2D eigenvalue weighted by Gasteiger charge is 2.12. The molecule has 0 aliphatic carbocycles. The topological polar surface area (TPSA) is 69.1 Å². The first-order chi connectivity index (χ1) is 5.92. The van der Waals surface area contributed by atoms with E-state index in [1.54, 1.807) is 0 Å². The van der Waals surface area contributed by atoms with Crippen molar-refractivity contribution in [2.75, 3.05) is 0 Å². The van der Waals surface area contributed by atoms with Gasteiger partial charge in [0.15, 0.2) is 18.4 Å². The fourth-order valence-electron chi connectivity index (χ4n) is 0.846. The van der Waals surface area contributed by atoms with E-state index in [0.29, 0.717) is 23.4 Å². The van der Waals surface area contributed by atoms with Crippen molar-refractivity contribution < 1.29 is 13.7 Å². The normalized spacial score (nSPS) is 10.0. The van der Waals surface area contributed by atoms with Crippen LogP contribution in [0.3, 0.4) is 0 Å². The Morgan fingerprint density at radius 1 is 1.42 bits per heavy atom. The maximum absolute atomic E-state index is 10.4. The molecule has 0 radical (unpaired) electrons. The zero-order valence-electron chi connectivity index (χ0n) is 5.93. The smallest absolute Gasteiger partial charge is 0.214 e. The van der Waals surface area contributed by atoms with E-state index in [1.807, 2.05) is 0 Å². The van der Waals surface area contributed by atoms with Gasteiger partial charge in [0.1, 0.15) is 0 Å². The molecule has 2 aromatic heterocycles. The van der Waals surface area contributed by atoms with E-state index in [4.69, 9.17) is 8.94 Å². The van der Waals surface area contributed by atoms with Gasteiger partial charge in [0.05, 0.1) is 18.0 Å². The minimum absolute atomic E-state index is 0.308. The molecule has 0 spiro atoms. The second kappa shape index (κ2) is 2.61. The van der Waals surface area contributed by atoms with Crippen LogP contribution in [-0.2, 0) is 0 Å². The monoisotopic (exact) mass is 164 g/mol. The molecule has 0 aliphatic rings. The number of nitrogens with zero attached hydrogens (tertiary/aromatic N) is 2. The van der Waals surface area contributed by atoms with E-state index in [-0.39, 0.29) is 0 Å². The molecule has 2 heterocycles. The van der Waals surface area contributed by atoms with Crippen LogP contribution in [0.4, 0.5) is 0 Å². The highest BCUT2D eigenvalue weighted by molar-refractivity contribution is 5.82. The zero-order valence-corrected chi connectivity index (χ0v) is 5.93. The molecular weight excluding hydrogens is 160 g/mol. The molecule has 12 heavy (non-hydrogen) atoms. The van der Waals surface area contributed by atoms with Crippen LogP contribution >= 0.6 is 0 Å². The van der Waals surface area contributed by atoms with Crippen molar-refractivity contribution in [3.8, 4) is 11.5 Å². The molecule has 0 aromatic carbocycles. The van der Waals surface area contributed by atoms with Gasteiger partial charge in [-0.05, 0) is 0 Å². The SMILES string of the molecule is O=Cc1cnoc1-c1cnco1. The molecule has 0 fully saturated rings. The fraction of sp³-hybridized carbons (Fsp3) is 0.